The fourth-order valence-corrected chi connectivity index (χ4v) is 1.58. The number of hydrogen-bond donors (Lipinski definition) is 0. The summed E-state index contributed by atoms with van der Waals surface area (Å²) < 4.78 is 18.9. The molecule has 0 aliphatic rings. The molecular formula is C15H12ClFN2O. The van der Waals surface area contributed by atoms with Crippen molar-refractivity contribution in [1.29, 1.82) is 0 Å². The zero-order valence-electron chi connectivity index (χ0n) is 10.6. The standard InChI is InChI=1S/C15H12ClFN2O/c16-5-2-1-4-12-8-13(17)10-14(9-12)20-11-15-18-6-3-7-19-15/h3,6-10H,2,5,11H2. The van der Waals surface area contributed by atoms with Gasteiger partial charge in [0.2, 0.25) is 0 Å². The minimum absolute atomic E-state index is 0.179. The number of hydrogen-bond acceptors (Lipinski definition) is 3. The van der Waals surface area contributed by atoms with Gasteiger partial charge in [0.15, 0.2) is 5.82 Å². The lowest BCUT2D eigenvalue weighted by molar-refractivity contribution is 0.294. The van der Waals surface area contributed by atoms with Crippen LogP contribution >= 0.6 is 11.6 Å². The molecule has 102 valence electrons. The van der Waals surface area contributed by atoms with Gasteiger partial charge in [-0.1, -0.05) is 11.8 Å². The van der Waals surface area contributed by atoms with Gasteiger partial charge in [-0.2, -0.15) is 0 Å². The molecule has 2 aromatic rings. The van der Waals surface area contributed by atoms with Gasteiger partial charge in [-0.05, 0) is 18.2 Å². The second kappa shape index (κ2) is 7.46. The van der Waals surface area contributed by atoms with Crippen molar-refractivity contribution in [2.75, 3.05) is 5.88 Å². The van der Waals surface area contributed by atoms with E-state index in [4.69, 9.17) is 16.3 Å². The topological polar surface area (TPSA) is 35.0 Å². The van der Waals surface area contributed by atoms with E-state index in [1.165, 1.54) is 12.1 Å². The molecule has 0 aliphatic carbocycles. The minimum atomic E-state index is -0.397. The Kier molecular flexibility index (Phi) is 5.33. The molecule has 0 radical (unpaired) electrons. The van der Waals surface area contributed by atoms with Crippen LogP contribution in [0.4, 0.5) is 4.39 Å². The number of benzene rings is 1. The average molecular weight is 291 g/mol. The molecule has 0 atom stereocenters. The Balaban J connectivity index is 2.06. The molecule has 3 nitrogen and oxygen atoms in total. The zero-order chi connectivity index (χ0) is 14.2. The summed E-state index contributed by atoms with van der Waals surface area (Å²) in [4.78, 5) is 8.05. The van der Waals surface area contributed by atoms with Crippen LogP contribution in [0.15, 0.2) is 36.7 Å². The van der Waals surface area contributed by atoms with Gasteiger partial charge in [-0.3, -0.25) is 0 Å². The van der Waals surface area contributed by atoms with Crippen LogP contribution in [0.2, 0.25) is 0 Å². The molecule has 0 amide bonds. The first kappa shape index (κ1) is 14.3. The Morgan fingerprint density at radius 1 is 1.20 bits per heavy atom. The Morgan fingerprint density at radius 3 is 2.75 bits per heavy atom. The summed E-state index contributed by atoms with van der Waals surface area (Å²) in [5.41, 5.74) is 0.555. The molecule has 1 aromatic heterocycles. The van der Waals surface area contributed by atoms with Gasteiger partial charge in [0.1, 0.15) is 18.2 Å². The summed E-state index contributed by atoms with van der Waals surface area (Å²) in [6.45, 7) is 0.179. The summed E-state index contributed by atoms with van der Waals surface area (Å²) in [7, 11) is 0. The predicted octanol–water partition coefficient (Wildman–Crippen LogP) is 3.18. The first-order valence-electron chi connectivity index (χ1n) is 6.02. The van der Waals surface area contributed by atoms with E-state index >= 15 is 0 Å². The fraction of sp³-hybridized carbons (Fsp3) is 0.200. The number of alkyl halides is 1. The van der Waals surface area contributed by atoms with Gasteiger partial charge in [-0.15, -0.1) is 11.6 Å². The third-order valence-corrected chi connectivity index (χ3v) is 2.50. The monoisotopic (exact) mass is 290 g/mol. The Morgan fingerprint density at radius 2 is 2.00 bits per heavy atom. The second-order valence-electron chi connectivity index (χ2n) is 3.87. The van der Waals surface area contributed by atoms with Crippen molar-refractivity contribution in [2.24, 2.45) is 0 Å². The van der Waals surface area contributed by atoms with Crippen LogP contribution in [0, 0.1) is 17.7 Å². The van der Waals surface area contributed by atoms with Gasteiger partial charge < -0.3 is 4.74 Å². The van der Waals surface area contributed by atoms with Crippen molar-refractivity contribution in [3.63, 3.8) is 0 Å². The largest absolute Gasteiger partial charge is 0.485 e. The lowest BCUT2D eigenvalue weighted by atomic mass is 10.2. The zero-order valence-corrected chi connectivity index (χ0v) is 11.4. The van der Waals surface area contributed by atoms with E-state index in [-0.39, 0.29) is 6.61 Å². The van der Waals surface area contributed by atoms with Gasteiger partial charge in [0.05, 0.1) is 0 Å². The van der Waals surface area contributed by atoms with Crippen LogP contribution in [-0.2, 0) is 6.61 Å². The summed E-state index contributed by atoms with van der Waals surface area (Å²) >= 11 is 5.53. The number of ether oxygens (including phenoxy) is 1. The second-order valence-corrected chi connectivity index (χ2v) is 4.25. The molecule has 0 saturated heterocycles. The lowest BCUT2D eigenvalue weighted by Crippen LogP contribution is -2.00. The Hall–Kier alpha value is -2.12. The van der Waals surface area contributed by atoms with Crippen LogP contribution in [0.25, 0.3) is 0 Å². The number of aromatic nitrogens is 2. The molecule has 0 fully saturated rings. The predicted molar refractivity (Wildman–Crippen MR) is 75.0 cm³/mol. The van der Waals surface area contributed by atoms with Crippen LogP contribution in [0.3, 0.4) is 0 Å². The molecule has 1 aromatic carbocycles. The summed E-state index contributed by atoms with van der Waals surface area (Å²) in [6, 6.07) is 6.05. The highest BCUT2D eigenvalue weighted by Gasteiger charge is 2.02. The third-order valence-electron chi connectivity index (χ3n) is 2.31. The maximum atomic E-state index is 13.5. The highest BCUT2D eigenvalue weighted by molar-refractivity contribution is 6.18. The van der Waals surface area contributed by atoms with Crippen LogP contribution in [-0.4, -0.2) is 15.8 Å². The Labute approximate surface area is 121 Å². The number of halogens is 2. The quantitative estimate of drug-likeness (QED) is 0.641. The molecule has 0 spiro atoms. The van der Waals surface area contributed by atoms with E-state index in [2.05, 4.69) is 21.8 Å². The van der Waals surface area contributed by atoms with Crippen molar-refractivity contribution in [3.05, 3.63) is 53.9 Å². The van der Waals surface area contributed by atoms with Crippen LogP contribution in [0.1, 0.15) is 17.8 Å². The highest BCUT2D eigenvalue weighted by Crippen LogP contribution is 2.16. The molecule has 0 N–H and O–H groups in total. The average Bonchev–Trinajstić information content (AvgIpc) is 2.46. The van der Waals surface area contributed by atoms with E-state index in [0.717, 1.165) is 0 Å². The first-order valence-corrected chi connectivity index (χ1v) is 6.55. The number of rotatable bonds is 4. The van der Waals surface area contributed by atoms with Gasteiger partial charge in [-0.25, -0.2) is 14.4 Å². The molecule has 20 heavy (non-hydrogen) atoms. The smallest absolute Gasteiger partial charge is 0.166 e. The van der Waals surface area contributed by atoms with Gasteiger partial charge in [0.25, 0.3) is 0 Å². The number of nitrogens with zero attached hydrogens (tertiary/aromatic N) is 2. The summed E-state index contributed by atoms with van der Waals surface area (Å²) in [5, 5.41) is 0. The molecule has 0 bridgehead atoms. The van der Waals surface area contributed by atoms with Crippen LogP contribution in [0.5, 0.6) is 5.75 Å². The van der Waals surface area contributed by atoms with E-state index in [1.54, 1.807) is 24.5 Å². The van der Waals surface area contributed by atoms with E-state index in [0.29, 0.717) is 29.4 Å². The van der Waals surface area contributed by atoms with E-state index < -0.39 is 5.82 Å². The molecule has 1 heterocycles. The lowest BCUT2D eigenvalue weighted by Gasteiger charge is -2.05. The SMILES string of the molecule is Fc1cc(C#CCCCl)cc(OCc2ncccn2)c1. The van der Waals surface area contributed by atoms with Crippen molar-refractivity contribution in [2.45, 2.75) is 13.0 Å². The van der Waals surface area contributed by atoms with Crippen molar-refractivity contribution in [3.8, 4) is 17.6 Å². The fourth-order valence-electron chi connectivity index (χ4n) is 1.48. The van der Waals surface area contributed by atoms with Crippen molar-refractivity contribution in [1.82, 2.24) is 9.97 Å². The van der Waals surface area contributed by atoms with Crippen LogP contribution < -0.4 is 4.74 Å². The highest BCUT2D eigenvalue weighted by atomic mass is 35.5. The minimum Gasteiger partial charge on any atom is -0.485 e. The molecule has 0 saturated carbocycles. The van der Waals surface area contributed by atoms with Gasteiger partial charge in [0, 0.05) is 36.3 Å². The van der Waals surface area contributed by atoms with Crippen molar-refractivity contribution < 1.29 is 9.13 Å². The molecular weight excluding hydrogens is 279 g/mol. The van der Waals surface area contributed by atoms with Crippen molar-refractivity contribution >= 4 is 11.6 Å². The first-order chi connectivity index (χ1) is 9.78. The molecule has 2 rings (SSSR count). The molecule has 0 unspecified atom stereocenters. The third kappa shape index (κ3) is 4.52. The van der Waals surface area contributed by atoms with Gasteiger partial charge >= 0.3 is 0 Å². The summed E-state index contributed by atoms with van der Waals surface area (Å²) in [6.07, 6.45) is 3.81. The molecule has 5 heteroatoms. The Bertz CT molecular complexity index is 623. The summed E-state index contributed by atoms with van der Waals surface area (Å²) in [5.74, 6) is 6.68. The maximum absolute atomic E-state index is 13.5. The van der Waals surface area contributed by atoms with E-state index in [9.17, 15) is 4.39 Å². The normalized spacial score (nSPS) is 9.70. The van der Waals surface area contributed by atoms with E-state index in [1.807, 2.05) is 0 Å². The molecule has 0 aliphatic heterocycles. The maximum Gasteiger partial charge on any atom is 0.166 e.